The number of aliphatic hydroxyl groups is 2. The molecule has 0 aliphatic carbocycles. The summed E-state index contributed by atoms with van der Waals surface area (Å²) in [6, 6.07) is -0.638. The highest BCUT2D eigenvalue weighted by Gasteiger charge is 2.18. The van der Waals surface area contributed by atoms with E-state index in [1.54, 1.807) is 6.08 Å². The van der Waals surface area contributed by atoms with Gasteiger partial charge in [0.25, 0.3) is 0 Å². The minimum Gasteiger partial charge on any atom is -0.394 e. The first-order chi connectivity index (χ1) is 39.2. The molecule has 79 heavy (non-hydrogen) atoms. The van der Waals surface area contributed by atoms with Crippen molar-refractivity contribution in [3.05, 3.63) is 24.3 Å². The molecule has 0 saturated heterocycles. The highest BCUT2D eigenvalue weighted by Crippen LogP contribution is 2.20. The van der Waals surface area contributed by atoms with Crippen molar-refractivity contribution in [1.82, 2.24) is 5.32 Å². The molecular formula is C75H147NO3. The van der Waals surface area contributed by atoms with Crippen molar-refractivity contribution in [1.29, 1.82) is 0 Å². The summed E-state index contributed by atoms with van der Waals surface area (Å²) in [5.74, 6) is -0.0634. The normalized spacial score (nSPS) is 12.7. The third-order valence-electron chi connectivity index (χ3n) is 17.7. The van der Waals surface area contributed by atoms with E-state index in [0.29, 0.717) is 6.42 Å². The maximum atomic E-state index is 12.5. The van der Waals surface area contributed by atoms with Crippen LogP contribution in [0, 0.1) is 0 Å². The number of aliphatic hydroxyl groups excluding tert-OH is 2. The van der Waals surface area contributed by atoms with Gasteiger partial charge in [0.2, 0.25) is 5.91 Å². The van der Waals surface area contributed by atoms with Crippen LogP contribution in [-0.2, 0) is 4.79 Å². The van der Waals surface area contributed by atoms with E-state index >= 15 is 0 Å². The number of carbonyl (C=O) groups is 1. The molecule has 0 heterocycles. The van der Waals surface area contributed by atoms with E-state index in [1.165, 1.54) is 379 Å². The molecule has 0 saturated carbocycles. The third kappa shape index (κ3) is 67.5. The van der Waals surface area contributed by atoms with Crippen molar-refractivity contribution in [3.63, 3.8) is 0 Å². The molecule has 0 aromatic heterocycles. The Morgan fingerprint density at radius 1 is 0.291 bits per heavy atom. The molecule has 1 amide bonds. The number of hydrogen-bond acceptors (Lipinski definition) is 3. The molecule has 4 heteroatoms. The average Bonchev–Trinajstić information content (AvgIpc) is 3.45. The lowest BCUT2D eigenvalue weighted by Gasteiger charge is -2.19. The van der Waals surface area contributed by atoms with Crippen molar-refractivity contribution >= 4 is 5.91 Å². The minimum absolute atomic E-state index is 0.0634. The van der Waals surface area contributed by atoms with Crippen molar-refractivity contribution in [2.75, 3.05) is 6.61 Å². The van der Waals surface area contributed by atoms with Crippen molar-refractivity contribution in [3.8, 4) is 0 Å². The van der Waals surface area contributed by atoms with Gasteiger partial charge in [0.05, 0.1) is 18.8 Å². The molecule has 0 fully saturated rings. The fraction of sp³-hybridized carbons (Fsp3) is 0.933. The van der Waals surface area contributed by atoms with Gasteiger partial charge in [-0.15, -0.1) is 0 Å². The van der Waals surface area contributed by atoms with Crippen LogP contribution >= 0.6 is 0 Å². The molecule has 0 radical (unpaired) electrons. The van der Waals surface area contributed by atoms with Crippen molar-refractivity contribution in [2.24, 2.45) is 0 Å². The van der Waals surface area contributed by atoms with Gasteiger partial charge in [-0.05, 0) is 32.1 Å². The quantitative estimate of drug-likeness (QED) is 0.0420. The van der Waals surface area contributed by atoms with Crippen LogP contribution in [0.25, 0.3) is 0 Å². The maximum absolute atomic E-state index is 12.5. The van der Waals surface area contributed by atoms with Gasteiger partial charge in [-0.1, -0.05) is 417 Å². The number of rotatable bonds is 70. The lowest BCUT2D eigenvalue weighted by Crippen LogP contribution is -2.45. The Labute approximate surface area is 498 Å². The number of carbonyl (C=O) groups excluding carboxylic acids is 1. The van der Waals surface area contributed by atoms with E-state index in [-0.39, 0.29) is 12.5 Å². The Morgan fingerprint density at radius 3 is 0.734 bits per heavy atom. The van der Waals surface area contributed by atoms with Crippen molar-refractivity contribution in [2.45, 2.75) is 443 Å². The van der Waals surface area contributed by atoms with Crippen LogP contribution in [-0.4, -0.2) is 34.9 Å². The van der Waals surface area contributed by atoms with Crippen LogP contribution in [0.4, 0.5) is 0 Å². The summed E-state index contributed by atoms with van der Waals surface area (Å²) >= 11 is 0. The average molecular weight is 1110 g/mol. The molecule has 0 aliphatic heterocycles. The monoisotopic (exact) mass is 1110 g/mol. The van der Waals surface area contributed by atoms with Gasteiger partial charge < -0.3 is 15.5 Å². The number of amides is 1. The maximum Gasteiger partial charge on any atom is 0.220 e. The fourth-order valence-corrected chi connectivity index (χ4v) is 12.1. The van der Waals surface area contributed by atoms with E-state index < -0.39 is 12.1 Å². The molecule has 2 unspecified atom stereocenters. The standard InChI is InChI=1S/C75H147NO3/c1-3-5-7-9-11-13-15-17-19-21-23-25-27-29-31-33-35-36-37-38-39-40-41-43-45-47-49-51-53-55-57-59-61-63-65-67-69-71-75(79)76-73(72-77)74(78)70-68-66-64-62-60-58-56-54-52-50-48-46-44-42-34-32-30-28-26-24-22-20-18-16-14-12-10-8-6-4-2/h60,62,68,70,73-74,77-78H,3-59,61,63-67,69,71-72H2,1-2H3,(H,76,79)/b62-60+,70-68+. The number of hydrogen-bond donors (Lipinski definition) is 3. The van der Waals surface area contributed by atoms with Crippen LogP contribution in [0.15, 0.2) is 24.3 Å². The first-order valence-electron chi connectivity index (χ1n) is 37.1. The molecule has 2 atom stereocenters. The lowest BCUT2D eigenvalue weighted by atomic mass is 10.0. The Balaban J connectivity index is 3.40. The molecule has 4 nitrogen and oxygen atoms in total. The second-order valence-corrected chi connectivity index (χ2v) is 25.7. The molecule has 0 spiro atoms. The van der Waals surface area contributed by atoms with Gasteiger partial charge in [-0.2, -0.15) is 0 Å². The molecule has 3 N–H and O–H groups in total. The molecule has 0 aromatic rings. The summed E-state index contributed by atoms with van der Waals surface area (Å²) in [4.78, 5) is 12.5. The predicted molar refractivity (Wildman–Crippen MR) is 355 cm³/mol. The van der Waals surface area contributed by atoms with Gasteiger partial charge in [0, 0.05) is 6.42 Å². The first-order valence-corrected chi connectivity index (χ1v) is 37.1. The zero-order chi connectivity index (χ0) is 56.9. The molecule has 0 bridgehead atoms. The Kier molecular flexibility index (Phi) is 70.1. The Hall–Kier alpha value is -1.13. The van der Waals surface area contributed by atoms with Gasteiger partial charge >= 0.3 is 0 Å². The summed E-state index contributed by atoms with van der Waals surface area (Å²) in [5, 5.41) is 23.3. The van der Waals surface area contributed by atoms with Crippen LogP contribution in [0.1, 0.15) is 431 Å². The first kappa shape index (κ1) is 77.9. The Bertz CT molecular complexity index is 1170. The van der Waals surface area contributed by atoms with Crippen LogP contribution in [0.2, 0.25) is 0 Å². The minimum atomic E-state index is -0.862. The van der Waals surface area contributed by atoms with Gasteiger partial charge in [0.1, 0.15) is 0 Å². The summed E-state index contributed by atoms with van der Waals surface area (Å²) in [5.41, 5.74) is 0. The highest BCUT2D eigenvalue weighted by atomic mass is 16.3. The van der Waals surface area contributed by atoms with E-state index in [1.807, 2.05) is 6.08 Å². The number of nitrogens with one attached hydrogen (secondary N) is 1. The van der Waals surface area contributed by atoms with Crippen LogP contribution in [0.5, 0.6) is 0 Å². The van der Waals surface area contributed by atoms with E-state index in [9.17, 15) is 15.0 Å². The summed E-state index contributed by atoms with van der Waals surface area (Å²) in [6.45, 7) is 4.36. The smallest absolute Gasteiger partial charge is 0.220 e. The lowest BCUT2D eigenvalue weighted by molar-refractivity contribution is -0.123. The van der Waals surface area contributed by atoms with Gasteiger partial charge in [-0.25, -0.2) is 0 Å². The summed E-state index contributed by atoms with van der Waals surface area (Å²) in [7, 11) is 0. The van der Waals surface area contributed by atoms with Gasteiger partial charge in [-0.3, -0.25) is 4.79 Å². The molecule has 470 valence electrons. The van der Waals surface area contributed by atoms with E-state index in [4.69, 9.17) is 0 Å². The molecule has 0 aromatic carbocycles. The second-order valence-electron chi connectivity index (χ2n) is 25.7. The Morgan fingerprint density at radius 2 is 0.494 bits per heavy atom. The van der Waals surface area contributed by atoms with Crippen molar-refractivity contribution < 1.29 is 15.0 Å². The van der Waals surface area contributed by atoms with Crippen LogP contribution < -0.4 is 5.32 Å². The van der Waals surface area contributed by atoms with Gasteiger partial charge in [0.15, 0.2) is 0 Å². The molecular weight excluding hydrogens is 963 g/mol. The number of unbranched alkanes of at least 4 members (excludes halogenated alkanes) is 61. The van der Waals surface area contributed by atoms with Crippen LogP contribution in [0.3, 0.4) is 0 Å². The largest absolute Gasteiger partial charge is 0.394 e. The third-order valence-corrected chi connectivity index (χ3v) is 17.7. The van der Waals surface area contributed by atoms with E-state index in [0.717, 1.165) is 32.1 Å². The second kappa shape index (κ2) is 71.1. The summed E-state index contributed by atoms with van der Waals surface area (Å²) in [6.07, 6.45) is 97.3. The SMILES string of the molecule is CCCCCCCCCCCCCCCCCCCCCCCCCC/C=C/CC/C=C/C(O)C(CO)NC(=O)CCCCCCCCCCCCCCCCCCCCCCCCCCCCCCCCCCCCCCC. The summed E-state index contributed by atoms with van der Waals surface area (Å²) < 4.78 is 0. The van der Waals surface area contributed by atoms with E-state index in [2.05, 4.69) is 31.3 Å². The molecule has 0 rings (SSSR count). The zero-order valence-electron chi connectivity index (χ0n) is 54.4. The topological polar surface area (TPSA) is 69.6 Å². The fourth-order valence-electron chi connectivity index (χ4n) is 12.1. The highest BCUT2D eigenvalue weighted by molar-refractivity contribution is 5.76. The number of allylic oxidation sites excluding steroid dienone is 3. The predicted octanol–water partition coefficient (Wildman–Crippen LogP) is 25.3. The zero-order valence-corrected chi connectivity index (χ0v) is 54.4. The molecule has 0 aliphatic rings.